The molecule has 1 N–H and O–H groups in total. The standard InChI is InChI=1S/C30H33N7O3/c1-39-26-16-25-24(15-27(26)40-19-22-7-8-31-28(38)14-22)29(35-20-34-25)36-9-11-37(12-10-36)30-32-17-23(18-33-30)13-21-5-3-2-4-6-21/h2-6,15-18,20,22H,7-14,19H2,1H3,(H,31,38). The van der Waals surface area contributed by atoms with Crippen LogP contribution in [0.15, 0.2) is 61.2 Å². The van der Waals surface area contributed by atoms with E-state index in [0.29, 0.717) is 31.1 Å². The van der Waals surface area contributed by atoms with Crippen molar-refractivity contribution in [2.45, 2.75) is 19.3 Å². The Kier molecular flexibility index (Phi) is 7.56. The lowest BCUT2D eigenvalue weighted by Gasteiger charge is -2.35. The quantitative estimate of drug-likeness (QED) is 0.361. The number of methoxy groups -OCH3 is 1. The Hall–Kier alpha value is -4.47. The maximum atomic E-state index is 11.8. The summed E-state index contributed by atoms with van der Waals surface area (Å²) in [5.74, 6) is 3.14. The van der Waals surface area contributed by atoms with Crippen LogP contribution in [0.2, 0.25) is 0 Å². The Bertz CT molecular complexity index is 1460. The first-order chi connectivity index (χ1) is 19.7. The molecule has 4 heterocycles. The lowest BCUT2D eigenvalue weighted by molar-refractivity contribution is -0.123. The summed E-state index contributed by atoms with van der Waals surface area (Å²) in [4.78, 5) is 34.7. The smallest absolute Gasteiger partial charge is 0.225 e. The van der Waals surface area contributed by atoms with Gasteiger partial charge in [0.25, 0.3) is 0 Å². The van der Waals surface area contributed by atoms with Crippen LogP contribution >= 0.6 is 0 Å². The van der Waals surface area contributed by atoms with E-state index in [2.05, 4.69) is 47.2 Å². The Morgan fingerprint density at radius 1 is 0.925 bits per heavy atom. The van der Waals surface area contributed by atoms with Crippen LogP contribution in [0, 0.1) is 5.92 Å². The number of hydrogen-bond acceptors (Lipinski definition) is 9. The fourth-order valence-electron chi connectivity index (χ4n) is 5.33. The fourth-order valence-corrected chi connectivity index (χ4v) is 5.33. The summed E-state index contributed by atoms with van der Waals surface area (Å²) in [6.45, 7) is 4.27. The van der Waals surface area contributed by atoms with Gasteiger partial charge in [0, 0.05) is 75.3 Å². The highest BCUT2D eigenvalue weighted by atomic mass is 16.5. The number of piperidine rings is 1. The van der Waals surface area contributed by atoms with Crippen LogP contribution in [-0.4, -0.2) is 72.3 Å². The predicted molar refractivity (Wildman–Crippen MR) is 153 cm³/mol. The van der Waals surface area contributed by atoms with Crippen LogP contribution in [0.4, 0.5) is 11.8 Å². The fraction of sp³-hybridized carbons (Fsp3) is 0.367. The highest BCUT2D eigenvalue weighted by Crippen LogP contribution is 2.36. The molecule has 206 valence electrons. The molecule has 0 radical (unpaired) electrons. The summed E-state index contributed by atoms with van der Waals surface area (Å²) in [7, 11) is 1.62. The molecule has 2 aromatic heterocycles. The van der Waals surface area contributed by atoms with Gasteiger partial charge in [0.05, 0.1) is 19.2 Å². The monoisotopic (exact) mass is 539 g/mol. The molecule has 0 aliphatic carbocycles. The van der Waals surface area contributed by atoms with Crippen molar-refractivity contribution in [2.75, 3.05) is 56.2 Å². The topological polar surface area (TPSA) is 106 Å². The van der Waals surface area contributed by atoms with Crippen molar-refractivity contribution >= 4 is 28.6 Å². The number of amides is 1. The first-order valence-corrected chi connectivity index (χ1v) is 13.7. The molecule has 2 aliphatic heterocycles. The second kappa shape index (κ2) is 11.7. The molecular weight excluding hydrogens is 506 g/mol. The highest BCUT2D eigenvalue weighted by Gasteiger charge is 2.24. The number of nitrogens with one attached hydrogen (secondary N) is 1. The number of carbonyl (C=O) groups excluding carboxylic acids is 1. The molecule has 2 aliphatic rings. The van der Waals surface area contributed by atoms with Gasteiger partial charge in [0.15, 0.2) is 11.5 Å². The lowest BCUT2D eigenvalue weighted by atomic mass is 9.99. The Morgan fingerprint density at radius 3 is 2.45 bits per heavy atom. The zero-order chi connectivity index (χ0) is 27.3. The van der Waals surface area contributed by atoms with Crippen molar-refractivity contribution < 1.29 is 14.3 Å². The number of benzene rings is 2. The van der Waals surface area contributed by atoms with Gasteiger partial charge in [-0.2, -0.15) is 0 Å². The molecule has 1 amide bonds. The molecule has 0 spiro atoms. The first-order valence-electron chi connectivity index (χ1n) is 13.7. The van der Waals surface area contributed by atoms with Gasteiger partial charge in [0.2, 0.25) is 11.9 Å². The number of nitrogens with zero attached hydrogens (tertiary/aromatic N) is 6. The maximum Gasteiger partial charge on any atom is 0.225 e. The number of piperazine rings is 1. The van der Waals surface area contributed by atoms with E-state index in [1.165, 1.54) is 5.56 Å². The predicted octanol–water partition coefficient (Wildman–Crippen LogP) is 3.25. The largest absolute Gasteiger partial charge is 0.493 e. The minimum absolute atomic E-state index is 0.0775. The summed E-state index contributed by atoms with van der Waals surface area (Å²) in [6.07, 6.45) is 7.65. The second-order valence-corrected chi connectivity index (χ2v) is 10.3. The third-order valence-corrected chi connectivity index (χ3v) is 7.53. The van der Waals surface area contributed by atoms with Crippen LogP contribution < -0.4 is 24.6 Å². The van der Waals surface area contributed by atoms with Crippen molar-refractivity contribution in [1.29, 1.82) is 0 Å². The van der Waals surface area contributed by atoms with E-state index >= 15 is 0 Å². The van der Waals surface area contributed by atoms with Crippen molar-refractivity contribution in [3.8, 4) is 11.5 Å². The van der Waals surface area contributed by atoms with Gasteiger partial charge in [-0.1, -0.05) is 30.3 Å². The minimum atomic E-state index is 0.0775. The molecule has 1 atom stereocenters. The summed E-state index contributed by atoms with van der Waals surface area (Å²) in [6, 6.07) is 14.2. The van der Waals surface area contributed by atoms with Crippen LogP contribution in [0.25, 0.3) is 10.9 Å². The van der Waals surface area contributed by atoms with Gasteiger partial charge >= 0.3 is 0 Å². The van der Waals surface area contributed by atoms with E-state index in [0.717, 1.165) is 67.3 Å². The minimum Gasteiger partial charge on any atom is -0.493 e. The molecule has 4 aromatic rings. The molecule has 2 aromatic carbocycles. The average molecular weight is 540 g/mol. The Balaban J connectivity index is 1.14. The molecule has 2 saturated heterocycles. The van der Waals surface area contributed by atoms with Gasteiger partial charge in [-0.15, -0.1) is 0 Å². The number of anilines is 2. The third kappa shape index (κ3) is 5.75. The number of ether oxygens (including phenoxy) is 2. The van der Waals surface area contributed by atoms with Gasteiger partial charge in [-0.3, -0.25) is 4.79 Å². The van der Waals surface area contributed by atoms with Crippen molar-refractivity contribution in [1.82, 2.24) is 25.3 Å². The Morgan fingerprint density at radius 2 is 1.70 bits per heavy atom. The molecular formula is C30H33N7O3. The van der Waals surface area contributed by atoms with Gasteiger partial charge in [0.1, 0.15) is 12.1 Å². The second-order valence-electron chi connectivity index (χ2n) is 10.3. The highest BCUT2D eigenvalue weighted by molar-refractivity contribution is 5.92. The molecule has 0 bridgehead atoms. The molecule has 0 saturated carbocycles. The first kappa shape index (κ1) is 25.8. The van der Waals surface area contributed by atoms with Gasteiger partial charge in [-0.05, 0) is 23.6 Å². The van der Waals surface area contributed by atoms with Crippen molar-refractivity contribution in [2.24, 2.45) is 5.92 Å². The van der Waals surface area contributed by atoms with E-state index in [1.807, 2.05) is 42.7 Å². The maximum absolute atomic E-state index is 11.8. The van der Waals surface area contributed by atoms with Crippen LogP contribution in [0.1, 0.15) is 24.0 Å². The van der Waals surface area contributed by atoms with Gasteiger partial charge < -0.3 is 24.6 Å². The van der Waals surface area contributed by atoms with Crippen LogP contribution in [-0.2, 0) is 11.2 Å². The molecule has 1 unspecified atom stereocenters. The molecule has 40 heavy (non-hydrogen) atoms. The van der Waals surface area contributed by atoms with E-state index in [4.69, 9.17) is 9.47 Å². The van der Waals surface area contributed by atoms with Gasteiger partial charge in [-0.25, -0.2) is 19.9 Å². The number of carbonyl (C=O) groups is 1. The zero-order valence-electron chi connectivity index (χ0n) is 22.6. The van der Waals surface area contributed by atoms with Crippen LogP contribution in [0.3, 0.4) is 0 Å². The van der Waals surface area contributed by atoms with Crippen LogP contribution in [0.5, 0.6) is 11.5 Å². The lowest BCUT2D eigenvalue weighted by Crippen LogP contribution is -2.47. The van der Waals surface area contributed by atoms with E-state index in [-0.39, 0.29) is 11.8 Å². The third-order valence-electron chi connectivity index (χ3n) is 7.53. The summed E-state index contributed by atoms with van der Waals surface area (Å²) < 4.78 is 11.8. The SMILES string of the molecule is COc1cc2ncnc(N3CCN(c4ncc(Cc5ccccc5)cn4)CC3)c2cc1OCC1CCNC(=O)C1. The molecule has 10 nitrogen and oxygen atoms in total. The van der Waals surface area contributed by atoms with E-state index in [9.17, 15) is 4.79 Å². The van der Waals surface area contributed by atoms with E-state index in [1.54, 1.807) is 13.4 Å². The summed E-state index contributed by atoms with van der Waals surface area (Å²) >= 11 is 0. The van der Waals surface area contributed by atoms with Crippen molar-refractivity contribution in [3.05, 3.63) is 72.3 Å². The summed E-state index contributed by atoms with van der Waals surface area (Å²) in [5.41, 5.74) is 3.14. The Labute approximate surface area is 233 Å². The van der Waals surface area contributed by atoms with E-state index < -0.39 is 0 Å². The molecule has 10 heteroatoms. The zero-order valence-corrected chi connectivity index (χ0v) is 22.6. The van der Waals surface area contributed by atoms with Crippen molar-refractivity contribution in [3.63, 3.8) is 0 Å². The average Bonchev–Trinajstić information content (AvgIpc) is 3.00. The number of aromatic nitrogens is 4. The molecule has 2 fully saturated rings. The number of hydrogen-bond donors (Lipinski definition) is 1. The normalized spacial score (nSPS) is 17.5. The molecule has 6 rings (SSSR count). The summed E-state index contributed by atoms with van der Waals surface area (Å²) in [5, 5.41) is 3.78. The number of rotatable bonds is 8. The number of fused-ring (bicyclic) bond motifs is 1.